The number of hydrogen-bond donors (Lipinski definition) is 2. The lowest BCUT2D eigenvalue weighted by molar-refractivity contribution is -0.150. The van der Waals surface area contributed by atoms with E-state index in [2.05, 4.69) is 5.32 Å². The van der Waals surface area contributed by atoms with E-state index in [0.717, 1.165) is 0 Å². The van der Waals surface area contributed by atoms with Crippen molar-refractivity contribution >= 4 is 12.0 Å². The molecule has 4 atom stereocenters. The number of carboxylic acids is 1. The molecule has 2 aromatic rings. The molecule has 2 aromatic carbocycles. The van der Waals surface area contributed by atoms with Gasteiger partial charge in [-0.3, -0.25) is 4.90 Å². The van der Waals surface area contributed by atoms with Gasteiger partial charge in [0.25, 0.3) is 0 Å². The Labute approximate surface area is 185 Å². The Balaban J connectivity index is 2.10. The monoisotopic (exact) mass is 446 g/mol. The largest absolute Gasteiger partial charge is 0.497 e. The van der Waals surface area contributed by atoms with Gasteiger partial charge in [0.1, 0.15) is 11.5 Å². The fourth-order valence-electron chi connectivity index (χ4n) is 3.76. The summed E-state index contributed by atoms with van der Waals surface area (Å²) in [5, 5.41) is 12.2. The van der Waals surface area contributed by atoms with E-state index in [-0.39, 0.29) is 6.42 Å². The smallest absolute Gasteiger partial charge is 0.335 e. The van der Waals surface area contributed by atoms with Crippen LogP contribution in [0.3, 0.4) is 0 Å². The topological polar surface area (TPSA) is 97.3 Å². The highest BCUT2D eigenvalue weighted by Gasteiger charge is 2.50. The number of rotatable bonds is 8. The molecule has 1 fully saturated rings. The molecule has 8 nitrogen and oxygen atoms in total. The van der Waals surface area contributed by atoms with Crippen molar-refractivity contribution in [3.8, 4) is 11.5 Å². The number of nitrogens with one attached hydrogen (secondary N) is 1. The van der Waals surface area contributed by atoms with E-state index >= 15 is 0 Å². The SMILES string of the molecule is CCCC(F)NC(=O)N1C(c2ccc(OC)cc2OC)O[C@@H](C(=O)O)[C@@H]1c1ccccc1. The zero-order valence-electron chi connectivity index (χ0n) is 18.2. The molecule has 0 radical (unpaired) electrons. The highest BCUT2D eigenvalue weighted by atomic mass is 19.1. The van der Waals surface area contributed by atoms with Crippen molar-refractivity contribution in [2.45, 2.75) is 44.4 Å². The lowest BCUT2D eigenvalue weighted by Crippen LogP contribution is -2.45. The first-order valence-electron chi connectivity index (χ1n) is 10.3. The summed E-state index contributed by atoms with van der Waals surface area (Å²) in [7, 11) is 2.95. The Hall–Kier alpha value is -3.33. The van der Waals surface area contributed by atoms with Gasteiger partial charge in [0.15, 0.2) is 18.6 Å². The van der Waals surface area contributed by atoms with Crippen LogP contribution in [-0.2, 0) is 9.53 Å². The highest BCUT2D eigenvalue weighted by molar-refractivity contribution is 5.80. The minimum absolute atomic E-state index is 0.134. The summed E-state index contributed by atoms with van der Waals surface area (Å²) < 4.78 is 30.9. The van der Waals surface area contributed by atoms with Gasteiger partial charge >= 0.3 is 12.0 Å². The average Bonchev–Trinajstić information content (AvgIpc) is 3.20. The number of alkyl halides is 1. The molecule has 1 heterocycles. The predicted molar refractivity (Wildman–Crippen MR) is 114 cm³/mol. The van der Waals surface area contributed by atoms with Crippen LogP contribution < -0.4 is 14.8 Å². The second-order valence-electron chi connectivity index (χ2n) is 7.32. The van der Waals surface area contributed by atoms with Gasteiger partial charge in [-0.2, -0.15) is 0 Å². The van der Waals surface area contributed by atoms with Crippen molar-refractivity contribution in [1.82, 2.24) is 10.2 Å². The number of carbonyl (C=O) groups excluding carboxylic acids is 1. The third-order valence-corrected chi connectivity index (χ3v) is 5.26. The fraction of sp³-hybridized carbons (Fsp3) is 0.391. The number of hydrogen-bond acceptors (Lipinski definition) is 5. The molecule has 172 valence electrons. The zero-order valence-corrected chi connectivity index (χ0v) is 18.2. The van der Waals surface area contributed by atoms with E-state index in [1.54, 1.807) is 55.5 Å². The number of benzene rings is 2. The van der Waals surface area contributed by atoms with Gasteiger partial charge in [-0.15, -0.1) is 0 Å². The number of carboxylic acid groups (broad SMARTS) is 1. The summed E-state index contributed by atoms with van der Waals surface area (Å²) in [4.78, 5) is 26.5. The van der Waals surface area contributed by atoms with Gasteiger partial charge in [-0.1, -0.05) is 43.7 Å². The first-order chi connectivity index (χ1) is 15.4. The Morgan fingerprint density at radius 2 is 1.91 bits per heavy atom. The molecule has 9 heteroatoms. The molecular weight excluding hydrogens is 419 g/mol. The van der Waals surface area contributed by atoms with Crippen molar-refractivity contribution in [1.29, 1.82) is 0 Å². The van der Waals surface area contributed by atoms with Crippen LogP contribution in [0.25, 0.3) is 0 Å². The first kappa shape index (κ1) is 23.3. The van der Waals surface area contributed by atoms with Crippen LogP contribution in [0.5, 0.6) is 11.5 Å². The maximum absolute atomic E-state index is 14.3. The van der Waals surface area contributed by atoms with Crippen molar-refractivity contribution in [2.24, 2.45) is 0 Å². The fourth-order valence-corrected chi connectivity index (χ4v) is 3.76. The molecule has 0 aromatic heterocycles. The number of aliphatic carboxylic acids is 1. The van der Waals surface area contributed by atoms with Crippen molar-refractivity contribution in [3.63, 3.8) is 0 Å². The summed E-state index contributed by atoms with van der Waals surface area (Å²) in [6.45, 7) is 1.80. The lowest BCUT2D eigenvalue weighted by atomic mass is 10.0. The molecule has 0 spiro atoms. The summed E-state index contributed by atoms with van der Waals surface area (Å²) in [5.74, 6) is -0.381. The number of ether oxygens (including phenoxy) is 3. The molecule has 3 rings (SSSR count). The first-order valence-corrected chi connectivity index (χ1v) is 10.3. The van der Waals surface area contributed by atoms with Gasteiger partial charge < -0.3 is 24.6 Å². The van der Waals surface area contributed by atoms with Crippen LogP contribution in [0.4, 0.5) is 9.18 Å². The van der Waals surface area contributed by atoms with Crippen LogP contribution in [0, 0.1) is 0 Å². The third kappa shape index (κ3) is 4.77. The van der Waals surface area contributed by atoms with Crippen LogP contribution in [0.15, 0.2) is 48.5 Å². The van der Waals surface area contributed by atoms with Crippen molar-refractivity contribution in [3.05, 3.63) is 59.7 Å². The average molecular weight is 446 g/mol. The second kappa shape index (κ2) is 10.3. The van der Waals surface area contributed by atoms with Crippen molar-refractivity contribution in [2.75, 3.05) is 14.2 Å². The van der Waals surface area contributed by atoms with E-state index in [0.29, 0.717) is 29.0 Å². The van der Waals surface area contributed by atoms with Crippen LogP contribution >= 0.6 is 0 Å². The molecule has 0 saturated carbocycles. The van der Waals surface area contributed by atoms with Gasteiger partial charge in [-0.05, 0) is 24.1 Å². The third-order valence-electron chi connectivity index (χ3n) is 5.26. The molecular formula is C23H27FN2O6. The second-order valence-corrected chi connectivity index (χ2v) is 7.32. The molecule has 32 heavy (non-hydrogen) atoms. The highest BCUT2D eigenvalue weighted by Crippen LogP contribution is 2.46. The zero-order chi connectivity index (χ0) is 23.3. The maximum atomic E-state index is 14.3. The molecule has 2 N–H and O–H groups in total. The molecule has 0 bridgehead atoms. The Morgan fingerprint density at radius 1 is 1.19 bits per heavy atom. The minimum atomic E-state index is -1.58. The number of urea groups is 1. The van der Waals surface area contributed by atoms with Crippen LogP contribution in [-0.4, -0.2) is 48.6 Å². The van der Waals surface area contributed by atoms with E-state index in [4.69, 9.17) is 14.2 Å². The summed E-state index contributed by atoms with van der Waals surface area (Å²) in [6.07, 6.45) is -3.41. The quantitative estimate of drug-likeness (QED) is 0.594. The van der Waals surface area contributed by atoms with Gasteiger partial charge in [0.2, 0.25) is 0 Å². The van der Waals surface area contributed by atoms with E-state index in [9.17, 15) is 19.1 Å². The van der Waals surface area contributed by atoms with E-state index in [1.807, 2.05) is 0 Å². The summed E-state index contributed by atoms with van der Waals surface area (Å²) >= 11 is 0. The number of nitrogens with zero attached hydrogens (tertiary/aromatic N) is 1. The maximum Gasteiger partial charge on any atom is 0.335 e. The normalized spacial score (nSPS) is 21.1. The number of amides is 2. The Bertz CT molecular complexity index is 941. The van der Waals surface area contributed by atoms with Crippen LogP contribution in [0.1, 0.15) is 43.2 Å². The molecule has 1 aliphatic heterocycles. The van der Waals surface area contributed by atoms with E-state index in [1.165, 1.54) is 19.1 Å². The van der Waals surface area contributed by atoms with Crippen molar-refractivity contribution < 1.29 is 33.3 Å². The van der Waals surface area contributed by atoms with Gasteiger partial charge in [0, 0.05) is 11.6 Å². The standard InChI is InChI=1S/C23H27FN2O6/c1-4-8-18(24)25-23(29)26-19(14-9-6-5-7-10-14)20(22(27)28)32-21(26)16-12-11-15(30-2)13-17(16)31-3/h5-7,9-13,18-21H,4,8H2,1-3H3,(H,25,29)(H,27,28)/t18?,19-,20+,21?/m0/s1. The number of halogens is 1. The van der Waals surface area contributed by atoms with Crippen LogP contribution in [0.2, 0.25) is 0 Å². The number of carbonyl (C=O) groups is 2. The predicted octanol–water partition coefficient (Wildman–Crippen LogP) is 4.03. The lowest BCUT2D eigenvalue weighted by Gasteiger charge is -2.30. The molecule has 2 amide bonds. The summed E-state index contributed by atoms with van der Waals surface area (Å²) in [5.41, 5.74) is 0.968. The molecule has 2 unspecified atom stereocenters. The molecule has 1 saturated heterocycles. The molecule has 1 aliphatic rings. The molecule has 0 aliphatic carbocycles. The Kier molecular flexibility index (Phi) is 7.53. The van der Waals surface area contributed by atoms with Gasteiger partial charge in [-0.25, -0.2) is 14.0 Å². The van der Waals surface area contributed by atoms with Gasteiger partial charge in [0.05, 0.1) is 20.3 Å². The van der Waals surface area contributed by atoms with E-state index < -0.39 is 36.7 Å². The minimum Gasteiger partial charge on any atom is -0.497 e. The summed E-state index contributed by atoms with van der Waals surface area (Å²) in [6, 6.07) is 11.8. The Morgan fingerprint density at radius 3 is 2.50 bits per heavy atom. The number of methoxy groups -OCH3 is 2.